The van der Waals surface area contributed by atoms with Crippen molar-refractivity contribution in [3.8, 4) is 0 Å². The fourth-order valence-electron chi connectivity index (χ4n) is 2.48. The Bertz CT molecular complexity index is 654. The molecule has 0 fully saturated rings. The van der Waals surface area contributed by atoms with Crippen LogP contribution in [0.4, 0.5) is 4.79 Å². The van der Waals surface area contributed by atoms with Gasteiger partial charge in [0.05, 0.1) is 18.2 Å². The lowest BCUT2D eigenvalue weighted by Gasteiger charge is -2.34. The van der Waals surface area contributed by atoms with Gasteiger partial charge >= 0.3 is 18.0 Å². The summed E-state index contributed by atoms with van der Waals surface area (Å²) in [6.45, 7) is 2.89. The number of allylic oxidation sites excluding steroid dienone is 1. The van der Waals surface area contributed by atoms with E-state index in [0.29, 0.717) is 0 Å². The van der Waals surface area contributed by atoms with E-state index in [1.54, 1.807) is 38.1 Å². The van der Waals surface area contributed by atoms with Crippen LogP contribution in [0.3, 0.4) is 0 Å². The van der Waals surface area contributed by atoms with Gasteiger partial charge in [-0.25, -0.2) is 9.59 Å². The van der Waals surface area contributed by atoms with Gasteiger partial charge in [-0.3, -0.25) is 9.69 Å². The van der Waals surface area contributed by atoms with Crippen LogP contribution in [0.15, 0.2) is 41.6 Å². The van der Waals surface area contributed by atoms with Gasteiger partial charge in [0.1, 0.15) is 6.54 Å². The van der Waals surface area contributed by atoms with Crippen LogP contribution in [0.2, 0.25) is 0 Å². The molecule has 0 aliphatic carbocycles. The molecule has 122 valence electrons. The molecular weight excluding hydrogens is 300 g/mol. The van der Waals surface area contributed by atoms with E-state index in [-0.39, 0.29) is 17.9 Å². The second kappa shape index (κ2) is 6.95. The quantitative estimate of drug-likeness (QED) is 0.805. The van der Waals surface area contributed by atoms with Gasteiger partial charge in [-0.2, -0.15) is 0 Å². The van der Waals surface area contributed by atoms with Gasteiger partial charge < -0.3 is 15.2 Å². The van der Waals surface area contributed by atoms with Gasteiger partial charge in [0, 0.05) is 5.70 Å². The zero-order valence-corrected chi connectivity index (χ0v) is 12.9. The minimum Gasteiger partial charge on any atom is -0.480 e. The first kappa shape index (κ1) is 16.5. The van der Waals surface area contributed by atoms with E-state index < -0.39 is 30.6 Å². The Balaban J connectivity index is 2.50. The van der Waals surface area contributed by atoms with E-state index in [4.69, 9.17) is 9.84 Å². The fraction of sp³-hybridized carbons (Fsp3) is 0.312. The van der Waals surface area contributed by atoms with Crippen molar-refractivity contribution in [2.24, 2.45) is 0 Å². The summed E-state index contributed by atoms with van der Waals surface area (Å²) in [7, 11) is 0. The standard InChI is InChI=1S/C16H18N2O5/c1-3-23-15(21)13-10(2)18(9-12(19)20)16(22)17-14(13)11-7-5-4-6-8-11/h4-8,14H,3,9H2,1-2H3,(H,17,22)(H,19,20)/t14-/m0/s1. The molecule has 2 N–H and O–H groups in total. The lowest BCUT2D eigenvalue weighted by atomic mass is 9.95. The minimum absolute atomic E-state index is 0.185. The fourth-order valence-corrected chi connectivity index (χ4v) is 2.48. The number of carboxylic acid groups (broad SMARTS) is 1. The lowest BCUT2D eigenvalue weighted by molar-refractivity contribution is -0.140. The maximum atomic E-state index is 12.3. The highest BCUT2D eigenvalue weighted by Gasteiger charge is 2.36. The number of amides is 2. The first-order valence-corrected chi connectivity index (χ1v) is 7.18. The third-order valence-electron chi connectivity index (χ3n) is 3.52. The van der Waals surface area contributed by atoms with Crippen LogP contribution in [0.1, 0.15) is 25.5 Å². The van der Waals surface area contributed by atoms with Crippen molar-refractivity contribution in [3.63, 3.8) is 0 Å². The Labute approximate surface area is 133 Å². The summed E-state index contributed by atoms with van der Waals surface area (Å²) >= 11 is 0. The number of ether oxygens (including phenoxy) is 1. The molecule has 1 aliphatic heterocycles. The van der Waals surface area contributed by atoms with Crippen molar-refractivity contribution >= 4 is 18.0 Å². The molecule has 0 aromatic heterocycles. The molecule has 1 aliphatic rings. The number of aliphatic carboxylic acids is 1. The molecule has 1 aromatic rings. The maximum absolute atomic E-state index is 12.3. The molecule has 23 heavy (non-hydrogen) atoms. The molecule has 2 rings (SSSR count). The van der Waals surface area contributed by atoms with Gasteiger partial charge in [-0.15, -0.1) is 0 Å². The summed E-state index contributed by atoms with van der Waals surface area (Å²) in [6, 6.07) is 7.74. The predicted molar refractivity (Wildman–Crippen MR) is 81.4 cm³/mol. The second-order valence-electron chi connectivity index (χ2n) is 4.99. The van der Waals surface area contributed by atoms with E-state index in [0.717, 1.165) is 10.5 Å². The van der Waals surface area contributed by atoms with Crippen LogP contribution in [0.5, 0.6) is 0 Å². The third kappa shape index (κ3) is 3.50. The number of carbonyl (C=O) groups is 3. The van der Waals surface area contributed by atoms with Crippen molar-refractivity contribution < 1.29 is 24.2 Å². The molecule has 1 heterocycles. The summed E-state index contributed by atoms with van der Waals surface area (Å²) in [6.07, 6.45) is 0. The lowest BCUT2D eigenvalue weighted by Crippen LogP contribution is -2.49. The Kier molecular flexibility index (Phi) is 5.00. The van der Waals surface area contributed by atoms with Gasteiger partial charge in [-0.05, 0) is 19.4 Å². The monoisotopic (exact) mass is 318 g/mol. The molecule has 0 unspecified atom stereocenters. The summed E-state index contributed by atoms with van der Waals surface area (Å²) in [5, 5.41) is 11.6. The van der Waals surface area contributed by atoms with Crippen LogP contribution in [-0.4, -0.2) is 41.1 Å². The van der Waals surface area contributed by atoms with E-state index >= 15 is 0 Å². The predicted octanol–water partition coefficient (Wildman–Crippen LogP) is 1.67. The molecule has 0 spiro atoms. The summed E-state index contributed by atoms with van der Waals surface area (Å²) in [5.41, 5.74) is 1.24. The summed E-state index contributed by atoms with van der Waals surface area (Å²) < 4.78 is 5.07. The molecule has 7 heteroatoms. The van der Waals surface area contributed by atoms with Crippen molar-refractivity contribution in [2.75, 3.05) is 13.2 Å². The SMILES string of the molecule is CCOC(=O)C1=C(C)N(CC(=O)O)C(=O)N[C@H]1c1ccccc1. The zero-order chi connectivity index (χ0) is 17.0. The number of nitrogens with zero attached hydrogens (tertiary/aromatic N) is 1. The van der Waals surface area contributed by atoms with Crippen LogP contribution in [-0.2, 0) is 14.3 Å². The second-order valence-corrected chi connectivity index (χ2v) is 4.99. The van der Waals surface area contributed by atoms with Crippen molar-refractivity contribution in [1.82, 2.24) is 10.2 Å². The minimum atomic E-state index is -1.17. The van der Waals surface area contributed by atoms with Crippen LogP contribution in [0.25, 0.3) is 0 Å². The van der Waals surface area contributed by atoms with Crippen LogP contribution in [0, 0.1) is 0 Å². The van der Waals surface area contributed by atoms with E-state index in [1.165, 1.54) is 0 Å². The Morgan fingerprint density at radius 1 is 1.30 bits per heavy atom. The van der Waals surface area contributed by atoms with E-state index in [9.17, 15) is 14.4 Å². The Morgan fingerprint density at radius 3 is 2.52 bits per heavy atom. The molecule has 1 aromatic carbocycles. The topological polar surface area (TPSA) is 95.9 Å². The summed E-state index contributed by atoms with van der Waals surface area (Å²) in [5.74, 6) is -1.74. The smallest absolute Gasteiger partial charge is 0.338 e. The molecular formula is C16H18N2O5. The number of carbonyl (C=O) groups excluding carboxylic acids is 2. The van der Waals surface area contributed by atoms with Gasteiger partial charge in [-0.1, -0.05) is 30.3 Å². The summed E-state index contributed by atoms with van der Waals surface area (Å²) in [4.78, 5) is 36.5. The molecule has 0 saturated heterocycles. The number of carboxylic acids is 1. The average Bonchev–Trinajstić information content (AvgIpc) is 2.51. The number of hydrogen-bond donors (Lipinski definition) is 2. The van der Waals surface area contributed by atoms with Crippen molar-refractivity contribution in [2.45, 2.75) is 19.9 Å². The highest BCUT2D eigenvalue weighted by atomic mass is 16.5. The Morgan fingerprint density at radius 2 is 1.96 bits per heavy atom. The zero-order valence-electron chi connectivity index (χ0n) is 12.9. The molecule has 7 nitrogen and oxygen atoms in total. The van der Waals surface area contributed by atoms with Gasteiger partial charge in [0.15, 0.2) is 0 Å². The molecule has 0 radical (unpaired) electrons. The number of esters is 1. The number of benzene rings is 1. The highest BCUT2D eigenvalue weighted by Crippen LogP contribution is 2.31. The van der Waals surface area contributed by atoms with Crippen LogP contribution >= 0.6 is 0 Å². The average molecular weight is 318 g/mol. The molecule has 0 bridgehead atoms. The largest absolute Gasteiger partial charge is 0.480 e. The number of rotatable bonds is 5. The first-order valence-electron chi connectivity index (χ1n) is 7.18. The van der Waals surface area contributed by atoms with Crippen molar-refractivity contribution in [1.29, 1.82) is 0 Å². The van der Waals surface area contributed by atoms with Crippen LogP contribution < -0.4 is 5.32 Å². The molecule has 0 saturated carbocycles. The molecule has 2 amide bonds. The van der Waals surface area contributed by atoms with Gasteiger partial charge in [0.25, 0.3) is 0 Å². The first-order chi connectivity index (χ1) is 11.0. The maximum Gasteiger partial charge on any atom is 0.338 e. The highest BCUT2D eigenvalue weighted by molar-refractivity contribution is 5.95. The van der Waals surface area contributed by atoms with Crippen molar-refractivity contribution in [3.05, 3.63) is 47.2 Å². The normalized spacial score (nSPS) is 17.7. The molecule has 1 atom stereocenters. The van der Waals surface area contributed by atoms with E-state index in [1.807, 2.05) is 6.07 Å². The number of hydrogen-bond acceptors (Lipinski definition) is 4. The number of nitrogens with one attached hydrogen (secondary N) is 1. The Hall–Kier alpha value is -2.83. The van der Waals surface area contributed by atoms with Gasteiger partial charge in [0.2, 0.25) is 0 Å². The van der Waals surface area contributed by atoms with E-state index in [2.05, 4.69) is 5.32 Å². The number of urea groups is 1. The third-order valence-corrected chi connectivity index (χ3v) is 3.52.